The van der Waals surface area contributed by atoms with Gasteiger partial charge >= 0.3 is 0 Å². The SMILES string of the molecule is CC(=O)c1nccc(COc2ccc(C(C)(C)c3ccc(OC4CN(c5ccc6c(c5)C(=O)N(C5CCC(=O)NC5=O)C6=O)C4)cc3)cc2)n1. The normalized spacial score (nSPS) is 17.7. The molecule has 0 spiro atoms. The van der Waals surface area contributed by atoms with Crippen LogP contribution in [0.25, 0.3) is 0 Å². The van der Waals surface area contributed by atoms with Crippen molar-refractivity contribution < 1.29 is 33.4 Å². The van der Waals surface area contributed by atoms with Crippen molar-refractivity contribution in [3.8, 4) is 11.5 Å². The number of fused-ring (bicyclic) bond motifs is 1. The molecule has 1 atom stereocenters. The van der Waals surface area contributed by atoms with Crippen molar-refractivity contribution in [1.82, 2.24) is 20.2 Å². The Hall–Kier alpha value is -5.91. The van der Waals surface area contributed by atoms with E-state index in [2.05, 4.69) is 46.2 Å². The molecule has 3 aromatic carbocycles. The zero-order valence-corrected chi connectivity index (χ0v) is 27.8. The maximum atomic E-state index is 13.2. The lowest BCUT2D eigenvalue weighted by Gasteiger charge is -2.40. The number of hydrogen-bond acceptors (Lipinski definition) is 10. The summed E-state index contributed by atoms with van der Waals surface area (Å²) in [6.45, 7) is 7.19. The molecule has 1 unspecified atom stereocenters. The number of amides is 4. The van der Waals surface area contributed by atoms with Crippen LogP contribution >= 0.6 is 0 Å². The van der Waals surface area contributed by atoms with Gasteiger partial charge in [0.1, 0.15) is 30.3 Å². The summed E-state index contributed by atoms with van der Waals surface area (Å²) in [6.07, 6.45) is 1.70. The highest BCUT2D eigenvalue weighted by molar-refractivity contribution is 6.23. The molecule has 2 fully saturated rings. The minimum Gasteiger partial charge on any atom is -0.487 e. The Kier molecular flexibility index (Phi) is 8.38. The summed E-state index contributed by atoms with van der Waals surface area (Å²) in [5.41, 5.74) is 3.89. The van der Waals surface area contributed by atoms with E-state index < -0.39 is 29.7 Å². The van der Waals surface area contributed by atoms with Gasteiger partial charge in [-0.15, -0.1) is 0 Å². The average molecular weight is 674 g/mol. The molecule has 0 aliphatic carbocycles. The van der Waals surface area contributed by atoms with Crippen LogP contribution < -0.4 is 19.7 Å². The van der Waals surface area contributed by atoms with Crippen LogP contribution in [0.15, 0.2) is 79.0 Å². The van der Waals surface area contributed by atoms with Crippen molar-refractivity contribution >= 4 is 35.1 Å². The van der Waals surface area contributed by atoms with Gasteiger partial charge in [-0.2, -0.15) is 0 Å². The Morgan fingerprint density at radius 2 is 1.54 bits per heavy atom. The summed E-state index contributed by atoms with van der Waals surface area (Å²) in [5, 5.41) is 2.22. The molecule has 254 valence electrons. The molecule has 2 saturated heterocycles. The molecule has 4 amide bonds. The molecule has 3 aliphatic rings. The number of nitrogens with one attached hydrogen (secondary N) is 1. The first-order valence-corrected chi connectivity index (χ1v) is 16.4. The Labute approximate surface area is 288 Å². The number of nitrogens with zero attached hydrogens (tertiary/aromatic N) is 4. The fourth-order valence-electron chi connectivity index (χ4n) is 6.46. The summed E-state index contributed by atoms with van der Waals surface area (Å²) in [7, 11) is 0. The zero-order valence-electron chi connectivity index (χ0n) is 27.8. The Morgan fingerprint density at radius 1 is 0.880 bits per heavy atom. The van der Waals surface area contributed by atoms with Gasteiger partial charge in [0.05, 0.1) is 29.9 Å². The van der Waals surface area contributed by atoms with Crippen LogP contribution in [-0.4, -0.2) is 69.5 Å². The van der Waals surface area contributed by atoms with Gasteiger partial charge in [0.2, 0.25) is 11.8 Å². The molecule has 4 heterocycles. The zero-order chi connectivity index (χ0) is 35.2. The first-order chi connectivity index (χ1) is 24.0. The number of anilines is 1. The van der Waals surface area contributed by atoms with Crippen molar-refractivity contribution in [2.24, 2.45) is 0 Å². The molecule has 1 aromatic heterocycles. The average Bonchev–Trinajstić information content (AvgIpc) is 3.34. The number of piperidine rings is 1. The molecule has 12 nitrogen and oxygen atoms in total. The number of aromatic nitrogens is 2. The second-order valence-corrected chi connectivity index (χ2v) is 13.2. The maximum absolute atomic E-state index is 13.2. The maximum Gasteiger partial charge on any atom is 0.262 e. The number of ketones is 1. The van der Waals surface area contributed by atoms with Gasteiger partial charge in [-0.05, 0) is 66.1 Å². The van der Waals surface area contributed by atoms with E-state index in [1.165, 1.54) is 6.92 Å². The number of imide groups is 2. The smallest absolute Gasteiger partial charge is 0.262 e. The van der Waals surface area contributed by atoms with Crippen molar-refractivity contribution in [2.45, 2.75) is 57.8 Å². The number of carbonyl (C=O) groups is 5. The number of rotatable bonds is 10. The van der Waals surface area contributed by atoms with E-state index >= 15 is 0 Å². The van der Waals surface area contributed by atoms with Crippen LogP contribution in [0, 0.1) is 0 Å². The van der Waals surface area contributed by atoms with Crippen molar-refractivity contribution in [1.29, 1.82) is 0 Å². The van der Waals surface area contributed by atoms with Gasteiger partial charge in [-0.1, -0.05) is 38.1 Å². The predicted octanol–water partition coefficient (Wildman–Crippen LogP) is 4.25. The Bertz CT molecular complexity index is 2020. The number of carbonyl (C=O) groups excluding carboxylic acids is 5. The first kappa shape index (κ1) is 32.6. The van der Waals surface area contributed by atoms with Gasteiger partial charge in [-0.25, -0.2) is 9.97 Å². The van der Waals surface area contributed by atoms with Crippen LogP contribution in [0.1, 0.15) is 81.8 Å². The molecular formula is C38H35N5O7. The third-order valence-electron chi connectivity index (χ3n) is 9.51. The van der Waals surface area contributed by atoms with Gasteiger partial charge < -0.3 is 14.4 Å². The van der Waals surface area contributed by atoms with Gasteiger partial charge in [0.25, 0.3) is 11.8 Å². The fourth-order valence-corrected chi connectivity index (χ4v) is 6.46. The van der Waals surface area contributed by atoms with E-state index in [1.54, 1.807) is 30.5 Å². The number of hydrogen-bond donors (Lipinski definition) is 1. The molecule has 12 heteroatoms. The summed E-state index contributed by atoms with van der Waals surface area (Å²) >= 11 is 0. The number of Topliss-reactive ketones (excluding diaryl/α,β-unsaturated/α-hetero) is 1. The molecule has 7 rings (SSSR count). The molecule has 0 bridgehead atoms. The summed E-state index contributed by atoms with van der Waals surface area (Å²) in [5.74, 6) is -0.646. The third kappa shape index (κ3) is 6.20. The highest BCUT2D eigenvalue weighted by atomic mass is 16.5. The highest BCUT2D eigenvalue weighted by Gasteiger charge is 2.45. The van der Waals surface area contributed by atoms with E-state index in [4.69, 9.17) is 9.47 Å². The standard InChI is InChI=1S/C38H35N5O7/c1-22(44)34-39-17-16-25(40-34)21-49-27-9-4-23(5-10-27)38(2,3)24-6-11-28(12-7-24)50-29-19-42(20-29)26-8-13-30-31(18-26)37(48)43(36(30)47)32-14-15-33(45)41-35(32)46/h4-13,16-18,29,32H,14-15,19-21H2,1-3H3,(H,41,45,46). The second-order valence-electron chi connectivity index (χ2n) is 13.2. The Balaban J connectivity index is 0.930. The van der Waals surface area contributed by atoms with Crippen molar-refractivity contribution in [3.05, 3.63) is 113 Å². The molecule has 3 aliphatic heterocycles. The highest BCUT2D eigenvalue weighted by Crippen LogP contribution is 2.35. The van der Waals surface area contributed by atoms with Gasteiger partial charge in [-0.3, -0.25) is 34.2 Å². The van der Waals surface area contributed by atoms with Crippen molar-refractivity contribution in [3.63, 3.8) is 0 Å². The van der Waals surface area contributed by atoms with E-state index in [0.29, 0.717) is 24.5 Å². The number of benzene rings is 3. The minimum atomic E-state index is -0.992. The van der Waals surface area contributed by atoms with Crippen LogP contribution in [-0.2, 0) is 21.6 Å². The molecule has 1 N–H and O–H groups in total. The van der Waals surface area contributed by atoms with Crippen LogP contribution in [0.4, 0.5) is 5.69 Å². The Morgan fingerprint density at radius 3 is 2.20 bits per heavy atom. The lowest BCUT2D eigenvalue weighted by molar-refractivity contribution is -0.136. The summed E-state index contributed by atoms with van der Waals surface area (Å²) in [4.78, 5) is 72.9. The second kappa shape index (κ2) is 12.8. The van der Waals surface area contributed by atoms with Crippen LogP contribution in [0.5, 0.6) is 11.5 Å². The van der Waals surface area contributed by atoms with Gasteiger partial charge in [0, 0.05) is 30.6 Å². The minimum absolute atomic E-state index is 0.0524. The first-order valence-electron chi connectivity index (χ1n) is 16.4. The molecule has 0 radical (unpaired) electrons. The van der Waals surface area contributed by atoms with Crippen molar-refractivity contribution in [2.75, 3.05) is 18.0 Å². The summed E-state index contributed by atoms with van der Waals surface area (Å²) in [6, 6.07) is 21.8. The van der Waals surface area contributed by atoms with E-state index in [-0.39, 0.29) is 53.7 Å². The lowest BCUT2D eigenvalue weighted by Crippen LogP contribution is -2.54. The molecule has 4 aromatic rings. The van der Waals surface area contributed by atoms with Crippen LogP contribution in [0.3, 0.4) is 0 Å². The summed E-state index contributed by atoms with van der Waals surface area (Å²) < 4.78 is 12.1. The van der Waals surface area contributed by atoms with E-state index in [1.807, 2.05) is 36.4 Å². The van der Waals surface area contributed by atoms with E-state index in [0.717, 1.165) is 27.5 Å². The quantitative estimate of drug-likeness (QED) is 0.191. The lowest BCUT2D eigenvalue weighted by atomic mass is 9.78. The van der Waals surface area contributed by atoms with E-state index in [9.17, 15) is 24.0 Å². The monoisotopic (exact) mass is 673 g/mol. The molecule has 50 heavy (non-hydrogen) atoms. The molecule has 0 saturated carbocycles. The third-order valence-corrected chi connectivity index (χ3v) is 9.51. The topological polar surface area (TPSA) is 148 Å². The molecular weight excluding hydrogens is 638 g/mol. The van der Waals surface area contributed by atoms with Gasteiger partial charge in [0.15, 0.2) is 11.6 Å². The number of ether oxygens (including phenoxy) is 2. The predicted molar refractivity (Wildman–Crippen MR) is 181 cm³/mol. The largest absolute Gasteiger partial charge is 0.487 e. The fraction of sp³-hybridized carbons (Fsp3) is 0.289. The van der Waals surface area contributed by atoms with Crippen LogP contribution in [0.2, 0.25) is 0 Å².